The average Bonchev–Trinajstić information content (AvgIpc) is 3.18. The third-order valence-electron chi connectivity index (χ3n) is 6.94. The van der Waals surface area contributed by atoms with Crippen LogP contribution in [0, 0.1) is 5.92 Å². The summed E-state index contributed by atoms with van der Waals surface area (Å²) in [5, 5.41) is 0. The Hall–Kier alpha value is -2.56. The van der Waals surface area contributed by atoms with Crippen molar-refractivity contribution in [3.8, 4) is 5.75 Å². The molecule has 0 saturated heterocycles. The number of aromatic amines is 1. The molecule has 2 aliphatic carbocycles. The van der Waals surface area contributed by atoms with Gasteiger partial charge in [-0.05, 0) is 61.3 Å². The number of Topliss-reactive ketones (excluding diaryl/α,β-unsaturated/α-hetero) is 1. The maximum atomic E-state index is 13.3. The number of H-pyrrole nitrogens is 1. The highest BCUT2D eigenvalue weighted by molar-refractivity contribution is 6.03. The van der Waals surface area contributed by atoms with E-state index in [1.807, 2.05) is 31.2 Å². The Morgan fingerprint density at radius 3 is 2.52 bits per heavy atom. The van der Waals surface area contributed by atoms with E-state index in [9.17, 15) is 9.59 Å². The highest BCUT2D eigenvalue weighted by atomic mass is 16.5. The van der Waals surface area contributed by atoms with E-state index >= 15 is 0 Å². The number of esters is 1. The summed E-state index contributed by atoms with van der Waals surface area (Å²) in [5.74, 6) is 1.39. The minimum absolute atomic E-state index is 0.103. The maximum Gasteiger partial charge on any atom is 0.355 e. The van der Waals surface area contributed by atoms with Gasteiger partial charge in [-0.25, -0.2) is 4.79 Å². The lowest BCUT2D eigenvalue weighted by Crippen LogP contribution is -2.19. The van der Waals surface area contributed by atoms with Crippen molar-refractivity contribution in [3.63, 3.8) is 0 Å². The summed E-state index contributed by atoms with van der Waals surface area (Å²) < 4.78 is 10.6. The smallest absolute Gasteiger partial charge is 0.355 e. The number of aromatic nitrogens is 1. The third-order valence-corrected chi connectivity index (χ3v) is 6.94. The minimum Gasteiger partial charge on any atom is -0.497 e. The third kappa shape index (κ3) is 4.70. The van der Waals surface area contributed by atoms with E-state index in [0.717, 1.165) is 47.4 Å². The molecule has 4 rings (SSSR count). The molecule has 1 unspecified atom stereocenters. The normalized spacial score (nSPS) is 19.2. The minimum atomic E-state index is -0.343. The molecule has 1 saturated carbocycles. The predicted octanol–water partition coefficient (Wildman–Crippen LogP) is 5.63. The molecule has 1 aromatic heterocycles. The second-order valence-electron chi connectivity index (χ2n) is 8.90. The first-order valence-corrected chi connectivity index (χ1v) is 11.7. The number of benzene rings is 1. The van der Waals surface area contributed by atoms with Crippen LogP contribution in [0.5, 0.6) is 5.75 Å². The molecule has 0 amide bonds. The van der Waals surface area contributed by atoms with Gasteiger partial charge in [-0.2, -0.15) is 0 Å². The number of hydrogen-bond acceptors (Lipinski definition) is 4. The first-order chi connectivity index (χ1) is 15.1. The summed E-state index contributed by atoms with van der Waals surface area (Å²) in [6, 6.07) is 7.93. The number of ether oxygens (including phenoxy) is 2. The van der Waals surface area contributed by atoms with Gasteiger partial charge >= 0.3 is 5.97 Å². The van der Waals surface area contributed by atoms with Gasteiger partial charge in [-0.3, -0.25) is 4.79 Å². The van der Waals surface area contributed by atoms with Gasteiger partial charge in [0.2, 0.25) is 0 Å². The molecule has 1 fully saturated rings. The van der Waals surface area contributed by atoms with Gasteiger partial charge < -0.3 is 14.5 Å². The Kier molecular flexibility index (Phi) is 6.79. The van der Waals surface area contributed by atoms with E-state index in [0.29, 0.717) is 24.6 Å². The van der Waals surface area contributed by atoms with Crippen molar-refractivity contribution >= 4 is 11.8 Å². The van der Waals surface area contributed by atoms with Crippen LogP contribution in [-0.4, -0.2) is 30.5 Å². The summed E-state index contributed by atoms with van der Waals surface area (Å²) in [6.45, 7) is 2.14. The Bertz CT molecular complexity index is 922. The zero-order valence-electron chi connectivity index (χ0n) is 18.7. The second-order valence-corrected chi connectivity index (χ2v) is 8.90. The molecule has 5 heteroatoms. The maximum absolute atomic E-state index is 13.3. The monoisotopic (exact) mass is 423 g/mol. The van der Waals surface area contributed by atoms with Crippen molar-refractivity contribution in [2.45, 2.75) is 70.6 Å². The van der Waals surface area contributed by atoms with Crippen molar-refractivity contribution in [1.82, 2.24) is 4.98 Å². The van der Waals surface area contributed by atoms with Crippen LogP contribution in [-0.2, 0) is 17.6 Å². The van der Waals surface area contributed by atoms with E-state index in [4.69, 9.17) is 9.47 Å². The van der Waals surface area contributed by atoms with Gasteiger partial charge in [0.05, 0.1) is 13.7 Å². The molecule has 0 bridgehead atoms. The molecule has 1 atom stereocenters. The predicted molar refractivity (Wildman–Crippen MR) is 120 cm³/mol. The fourth-order valence-electron chi connectivity index (χ4n) is 5.29. The van der Waals surface area contributed by atoms with Gasteiger partial charge in [-0.15, -0.1) is 0 Å². The lowest BCUT2D eigenvalue weighted by molar-refractivity contribution is 0.0518. The summed E-state index contributed by atoms with van der Waals surface area (Å²) in [7, 11) is 1.65. The van der Waals surface area contributed by atoms with Gasteiger partial charge in [0.25, 0.3) is 0 Å². The largest absolute Gasteiger partial charge is 0.497 e. The molecule has 1 N–H and O–H groups in total. The fourth-order valence-corrected chi connectivity index (χ4v) is 5.29. The Morgan fingerprint density at radius 2 is 1.84 bits per heavy atom. The van der Waals surface area contributed by atoms with Gasteiger partial charge in [-0.1, -0.05) is 44.2 Å². The van der Waals surface area contributed by atoms with Gasteiger partial charge in [0.1, 0.15) is 11.4 Å². The molecule has 1 heterocycles. The number of nitrogens with one attached hydrogen (secondary N) is 1. The number of carbonyl (C=O) groups excluding carboxylic acids is 2. The van der Waals surface area contributed by atoms with Gasteiger partial charge in [0, 0.05) is 17.7 Å². The lowest BCUT2D eigenvalue weighted by atomic mass is 9.80. The Balaban J connectivity index is 1.60. The number of fused-ring (bicyclic) bond motifs is 1. The molecule has 0 aliphatic heterocycles. The zero-order valence-corrected chi connectivity index (χ0v) is 18.7. The zero-order chi connectivity index (χ0) is 21.8. The van der Waals surface area contributed by atoms with E-state index in [1.54, 1.807) is 7.11 Å². The standard InChI is InChI=1S/C26H33NO4/c1-3-31-26(29)25-21(14-9-17-7-5-4-6-8-17)24-22(27-25)15-19(16-23(24)28)18-10-12-20(30-2)13-11-18/h10-13,17,19,27H,3-9,14-16H2,1-2H3. The van der Waals surface area contributed by atoms with Gasteiger partial charge in [0.15, 0.2) is 5.78 Å². The molecule has 31 heavy (non-hydrogen) atoms. The van der Waals surface area contributed by atoms with Crippen molar-refractivity contribution in [2.75, 3.05) is 13.7 Å². The molecule has 2 aromatic rings. The van der Waals surface area contributed by atoms with Crippen LogP contribution in [0.15, 0.2) is 24.3 Å². The number of carbonyl (C=O) groups is 2. The first kappa shape index (κ1) is 21.7. The number of rotatable bonds is 7. The quantitative estimate of drug-likeness (QED) is 0.587. The SMILES string of the molecule is CCOC(=O)c1[nH]c2c(c1CCC1CCCCC1)C(=O)CC(c1ccc(OC)cc1)C2. The van der Waals surface area contributed by atoms with Crippen LogP contribution in [0.25, 0.3) is 0 Å². The van der Waals surface area contributed by atoms with Crippen molar-refractivity contribution in [1.29, 1.82) is 0 Å². The van der Waals surface area contributed by atoms with Crippen LogP contribution >= 0.6 is 0 Å². The molecule has 2 aliphatic rings. The molecule has 5 nitrogen and oxygen atoms in total. The molecule has 0 spiro atoms. The molecule has 166 valence electrons. The number of methoxy groups -OCH3 is 1. The molecule has 0 radical (unpaired) electrons. The summed E-state index contributed by atoms with van der Waals surface area (Å²) in [4.78, 5) is 29.3. The topological polar surface area (TPSA) is 68.4 Å². The van der Waals surface area contributed by atoms with Crippen LogP contribution in [0.3, 0.4) is 0 Å². The highest BCUT2D eigenvalue weighted by Crippen LogP contribution is 2.37. The highest BCUT2D eigenvalue weighted by Gasteiger charge is 2.34. The number of hydrogen-bond donors (Lipinski definition) is 1. The summed E-state index contributed by atoms with van der Waals surface area (Å²) >= 11 is 0. The van der Waals surface area contributed by atoms with Crippen molar-refractivity contribution < 1.29 is 19.1 Å². The van der Waals surface area contributed by atoms with Crippen LogP contribution in [0.2, 0.25) is 0 Å². The van der Waals surface area contributed by atoms with Crippen molar-refractivity contribution in [2.24, 2.45) is 5.92 Å². The second kappa shape index (κ2) is 9.71. The molecular formula is C26H33NO4. The fraction of sp³-hybridized carbons (Fsp3) is 0.538. The van der Waals surface area contributed by atoms with E-state index < -0.39 is 0 Å². The van der Waals surface area contributed by atoms with Crippen LogP contribution in [0.4, 0.5) is 0 Å². The van der Waals surface area contributed by atoms with E-state index in [1.165, 1.54) is 32.1 Å². The molecular weight excluding hydrogens is 390 g/mol. The van der Waals surface area contributed by atoms with E-state index in [2.05, 4.69) is 4.98 Å². The Morgan fingerprint density at radius 1 is 1.10 bits per heavy atom. The molecule has 1 aromatic carbocycles. The lowest BCUT2D eigenvalue weighted by Gasteiger charge is -2.24. The Labute approximate surface area is 184 Å². The number of ketones is 1. The van der Waals surface area contributed by atoms with Crippen LogP contribution < -0.4 is 4.74 Å². The van der Waals surface area contributed by atoms with Crippen LogP contribution in [0.1, 0.15) is 95.5 Å². The first-order valence-electron chi connectivity index (χ1n) is 11.7. The van der Waals surface area contributed by atoms with Crippen molar-refractivity contribution in [3.05, 3.63) is 52.3 Å². The summed E-state index contributed by atoms with van der Waals surface area (Å²) in [5.41, 5.74) is 4.14. The summed E-state index contributed by atoms with van der Waals surface area (Å²) in [6.07, 6.45) is 9.43. The van der Waals surface area contributed by atoms with E-state index in [-0.39, 0.29) is 17.7 Å². The average molecular weight is 424 g/mol.